The van der Waals surface area contributed by atoms with Gasteiger partial charge in [-0.05, 0) is 27.1 Å². The van der Waals surface area contributed by atoms with Gasteiger partial charge in [-0.15, -0.1) is 0 Å². The first-order valence-electron chi connectivity index (χ1n) is 6.53. The second kappa shape index (κ2) is 7.72. The highest BCUT2D eigenvalue weighted by Crippen LogP contribution is 2.33. The lowest BCUT2D eigenvalue weighted by molar-refractivity contribution is -0.139. The summed E-state index contributed by atoms with van der Waals surface area (Å²) in [4.78, 5) is 13.3. The van der Waals surface area contributed by atoms with Crippen molar-refractivity contribution in [2.24, 2.45) is 0 Å². The van der Waals surface area contributed by atoms with Crippen LogP contribution in [-0.4, -0.2) is 54.9 Å². The molecule has 1 aromatic carbocycles. The molecule has 1 unspecified atom stereocenters. The minimum Gasteiger partial charge on any atom is -0.504 e. The molecule has 0 aliphatic carbocycles. The van der Waals surface area contributed by atoms with Gasteiger partial charge in [0.15, 0.2) is 11.5 Å². The molecule has 1 aromatic rings. The summed E-state index contributed by atoms with van der Waals surface area (Å²) >= 11 is 0. The minimum absolute atomic E-state index is 0.126. The highest BCUT2D eigenvalue weighted by molar-refractivity contribution is 5.77. The van der Waals surface area contributed by atoms with Crippen LogP contribution in [0.25, 0.3) is 0 Å². The number of aromatic hydroxyl groups is 1. The van der Waals surface area contributed by atoms with Crippen LogP contribution in [0.1, 0.15) is 18.5 Å². The van der Waals surface area contributed by atoms with Crippen LogP contribution in [0.4, 0.5) is 0 Å². The normalized spacial score (nSPS) is 12.4. The van der Waals surface area contributed by atoms with Crippen molar-refractivity contribution in [2.45, 2.75) is 13.0 Å². The third kappa shape index (κ3) is 4.40. The number of nitrogens with zero attached hydrogens (tertiary/aromatic N) is 1. The standard InChI is InChI=1S/C14H22N2O4/c1-4-20-11-7-5-6-10(13(11)17)12(14(18)19)15-8-9-16(2)3/h5-7,12,15,17H,4,8-9H2,1-3H3,(H,18,19). The van der Waals surface area contributed by atoms with Crippen LogP contribution < -0.4 is 10.1 Å². The van der Waals surface area contributed by atoms with Crippen LogP contribution in [-0.2, 0) is 4.79 Å². The summed E-state index contributed by atoms with van der Waals surface area (Å²) in [6.07, 6.45) is 0. The Morgan fingerprint density at radius 3 is 2.70 bits per heavy atom. The van der Waals surface area contributed by atoms with E-state index in [4.69, 9.17) is 4.74 Å². The van der Waals surface area contributed by atoms with Crippen molar-refractivity contribution < 1.29 is 19.7 Å². The van der Waals surface area contributed by atoms with Crippen molar-refractivity contribution in [1.29, 1.82) is 0 Å². The van der Waals surface area contributed by atoms with Crippen molar-refractivity contribution in [3.63, 3.8) is 0 Å². The van der Waals surface area contributed by atoms with Gasteiger partial charge in [0.25, 0.3) is 0 Å². The number of carbonyl (C=O) groups is 1. The summed E-state index contributed by atoms with van der Waals surface area (Å²) in [5.74, 6) is -0.863. The average molecular weight is 282 g/mol. The van der Waals surface area contributed by atoms with Crippen molar-refractivity contribution in [3.05, 3.63) is 23.8 Å². The Hall–Kier alpha value is -1.79. The van der Waals surface area contributed by atoms with E-state index in [1.807, 2.05) is 19.0 Å². The van der Waals surface area contributed by atoms with E-state index in [2.05, 4.69) is 5.32 Å². The molecule has 0 amide bonds. The fourth-order valence-electron chi connectivity index (χ4n) is 1.81. The quantitative estimate of drug-likeness (QED) is 0.661. The molecule has 0 saturated carbocycles. The highest BCUT2D eigenvalue weighted by atomic mass is 16.5. The Labute approximate surface area is 119 Å². The van der Waals surface area contributed by atoms with Gasteiger partial charge in [-0.1, -0.05) is 12.1 Å². The van der Waals surface area contributed by atoms with Crippen molar-refractivity contribution in [3.8, 4) is 11.5 Å². The maximum Gasteiger partial charge on any atom is 0.325 e. The SMILES string of the molecule is CCOc1cccc(C(NCCN(C)C)C(=O)O)c1O. The number of nitrogens with one attached hydrogen (secondary N) is 1. The molecule has 3 N–H and O–H groups in total. The molecule has 0 aliphatic rings. The number of likely N-dealkylation sites (N-methyl/N-ethyl adjacent to an activating group) is 1. The maximum atomic E-state index is 11.4. The molecular weight excluding hydrogens is 260 g/mol. The van der Waals surface area contributed by atoms with E-state index in [0.29, 0.717) is 31.0 Å². The number of carboxylic acid groups (broad SMARTS) is 1. The molecule has 0 heterocycles. The molecule has 1 rings (SSSR count). The molecule has 0 radical (unpaired) electrons. The molecule has 6 nitrogen and oxygen atoms in total. The monoisotopic (exact) mass is 282 g/mol. The smallest absolute Gasteiger partial charge is 0.325 e. The third-order valence-corrected chi connectivity index (χ3v) is 2.80. The van der Waals surface area contributed by atoms with E-state index in [-0.39, 0.29) is 5.75 Å². The van der Waals surface area contributed by atoms with Gasteiger partial charge in [0.05, 0.1) is 6.61 Å². The molecule has 112 valence electrons. The summed E-state index contributed by atoms with van der Waals surface area (Å²) in [6, 6.07) is 3.90. The molecule has 0 aromatic heterocycles. The first kappa shape index (κ1) is 16.3. The van der Waals surface area contributed by atoms with E-state index in [0.717, 1.165) is 0 Å². The second-order valence-electron chi connectivity index (χ2n) is 4.66. The van der Waals surface area contributed by atoms with Gasteiger partial charge in [0, 0.05) is 18.7 Å². The van der Waals surface area contributed by atoms with E-state index < -0.39 is 12.0 Å². The molecule has 6 heteroatoms. The molecule has 0 fully saturated rings. The minimum atomic E-state index is -1.03. The Kier molecular flexibility index (Phi) is 6.27. The summed E-state index contributed by atoms with van der Waals surface area (Å²) in [5.41, 5.74) is 0.308. The Balaban J connectivity index is 2.91. The number of aliphatic carboxylic acids is 1. The molecular formula is C14H22N2O4. The number of hydrogen-bond acceptors (Lipinski definition) is 5. The predicted octanol–water partition coefficient (Wildman–Crippen LogP) is 1.07. The fraction of sp³-hybridized carbons (Fsp3) is 0.500. The number of para-hydroxylation sites is 1. The largest absolute Gasteiger partial charge is 0.504 e. The summed E-state index contributed by atoms with van der Waals surface area (Å²) < 4.78 is 5.27. The number of phenols is 1. The van der Waals surface area contributed by atoms with Gasteiger partial charge in [-0.25, -0.2) is 0 Å². The molecule has 20 heavy (non-hydrogen) atoms. The van der Waals surface area contributed by atoms with Crippen LogP contribution in [0.3, 0.4) is 0 Å². The molecule has 0 bridgehead atoms. The van der Waals surface area contributed by atoms with Crippen LogP contribution in [0, 0.1) is 0 Å². The fourth-order valence-corrected chi connectivity index (χ4v) is 1.81. The van der Waals surface area contributed by atoms with Gasteiger partial charge in [0.2, 0.25) is 0 Å². The number of carboxylic acids is 1. The van der Waals surface area contributed by atoms with Crippen molar-refractivity contribution >= 4 is 5.97 Å². The number of phenolic OH excluding ortho intramolecular Hbond substituents is 1. The van der Waals surface area contributed by atoms with E-state index in [9.17, 15) is 15.0 Å². The zero-order chi connectivity index (χ0) is 15.1. The van der Waals surface area contributed by atoms with Crippen molar-refractivity contribution in [2.75, 3.05) is 33.8 Å². The Bertz CT molecular complexity index is 449. The lowest BCUT2D eigenvalue weighted by atomic mass is 10.1. The first-order valence-corrected chi connectivity index (χ1v) is 6.53. The molecule has 0 saturated heterocycles. The summed E-state index contributed by atoms with van der Waals surface area (Å²) in [6.45, 7) is 3.41. The number of hydrogen-bond donors (Lipinski definition) is 3. The molecule has 0 spiro atoms. The van der Waals surface area contributed by atoms with E-state index in [1.54, 1.807) is 25.1 Å². The van der Waals surface area contributed by atoms with Gasteiger partial charge >= 0.3 is 5.97 Å². The zero-order valence-corrected chi connectivity index (χ0v) is 12.1. The van der Waals surface area contributed by atoms with Gasteiger partial charge in [-0.2, -0.15) is 0 Å². The van der Waals surface area contributed by atoms with Gasteiger partial charge in [0.1, 0.15) is 6.04 Å². The summed E-state index contributed by atoms with van der Waals surface area (Å²) in [5, 5.41) is 22.3. The zero-order valence-electron chi connectivity index (χ0n) is 12.1. The lowest BCUT2D eigenvalue weighted by Crippen LogP contribution is -2.34. The summed E-state index contributed by atoms with van der Waals surface area (Å²) in [7, 11) is 3.81. The van der Waals surface area contributed by atoms with E-state index >= 15 is 0 Å². The first-order chi connectivity index (χ1) is 9.47. The number of rotatable bonds is 8. The number of benzene rings is 1. The van der Waals surface area contributed by atoms with Crippen LogP contribution in [0.2, 0.25) is 0 Å². The van der Waals surface area contributed by atoms with E-state index in [1.165, 1.54) is 0 Å². The molecule has 1 atom stereocenters. The lowest BCUT2D eigenvalue weighted by Gasteiger charge is -2.19. The van der Waals surface area contributed by atoms with Crippen LogP contribution >= 0.6 is 0 Å². The van der Waals surface area contributed by atoms with Crippen LogP contribution in [0.15, 0.2) is 18.2 Å². The second-order valence-corrected chi connectivity index (χ2v) is 4.66. The average Bonchev–Trinajstić information content (AvgIpc) is 2.37. The third-order valence-electron chi connectivity index (χ3n) is 2.80. The van der Waals surface area contributed by atoms with Crippen molar-refractivity contribution in [1.82, 2.24) is 10.2 Å². The maximum absolute atomic E-state index is 11.4. The Morgan fingerprint density at radius 1 is 1.45 bits per heavy atom. The van der Waals surface area contributed by atoms with Gasteiger partial charge in [-0.3, -0.25) is 10.1 Å². The highest BCUT2D eigenvalue weighted by Gasteiger charge is 2.24. The van der Waals surface area contributed by atoms with Gasteiger partial charge < -0.3 is 19.8 Å². The number of ether oxygens (including phenoxy) is 1. The Morgan fingerprint density at radius 2 is 2.15 bits per heavy atom. The predicted molar refractivity (Wildman–Crippen MR) is 76.2 cm³/mol. The topological polar surface area (TPSA) is 82.0 Å². The van der Waals surface area contributed by atoms with Crippen LogP contribution in [0.5, 0.6) is 11.5 Å². The molecule has 0 aliphatic heterocycles.